The van der Waals surface area contributed by atoms with Crippen molar-refractivity contribution in [1.29, 1.82) is 0 Å². The van der Waals surface area contributed by atoms with E-state index in [1.165, 1.54) is 12.1 Å². The number of hydrogen-bond acceptors (Lipinski definition) is 6. The number of carbonyl (C=O) groups excluding carboxylic acids is 1. The average Bonchev–Trinajstić information content (AvgIpc) is 2.85. The monoisotopic (exact) mass is 505 g/mol. The smallest absolute Gasteiger partial charge is 0.339 e. The number of benzene rings is 3. The second-order valence-corrected chi connectivity index (χ2v) is 10.5. The zero-order chi connectivity index (χ0) is 26.0. The molecule has 0 spiro atoms. The quantitative estimate of drug-likeness (QED) is 0.225. The molecule has 0 aliphatic carbocycles. The number of carbonyl (C=O) groups is 1. The highest BCUT2D eigenvalue weighted by molar-refractivity contribution is 7.89. The minimum Gasteiger partial charge on any atom is -0.425 e. The molecule has 4 aromatic rings. The van der Waals surface area contributed by atoms with Crippen LogP contribution in [0.4, 0.5) is 0 Å². The molecule has 0 fully saturated rings. The van der Waals surface area contributed by atoms with E-state index in [0.717, 1.165) is 22.1 Å². The van der Waals surface area contributed by atoms with E-state index in [4.69, 9.17) is 9.15 Å². The van der Waals surface area contributed by atoms with Gasteiger partial charge in [0.15, 0.2) is 0 Å². The van der Waals surface area contributed by atoms with Crippen LogP contribution in [0, 0.1) is 27.7 Å². The van der Waals surface area contributed by atoms with Crippen molar-refractivity contribution in [2.45, 2.75) is 45.1 Å². The molecule has 0 radical (unpaired) electrons. The van der Waals surface area contributed by atoms with Gasteiger partial charge in [0.25, 0.3) is 0 Å². The van der Waals surface area contributed by atoms with E-state index in [9.17, 15) is 18.0 Å². The van der Waals surface area contributed by atoms with Crippen molar-refractivity contribution in [3.8, 4) is 5.75 Å². The Hall–Kier alpha value is -3.75. The molecule has 0 bridgehead atoms. The Balaban J connectivity index is 1.68. The van der Waals surface area contributed by atoms with E-state index in [2.05, 4.69) is 4.72 Å². The fourth-order valence-electron chi connectivity index (χ4n) is 3.91. The molecule has 186 valence electrons. The molecule has 0 aliphatic rings. The third-order valence-electron chi connectivity index (χ3n) is 6.23. The van der Waals surface area contributed by atoms with E-state index in [0.29, 0.717) is 16.7 Å². The molecule has 1 heterocycles. The van der Waals surface area contributed by atoms with E-state index in [-0.39, 0.29) is 17.1 Å². The summed E-state index contributed by atoms with van der Waals surface area (Å²) in [5.74, 6) is -0.588. The topological polar surface area (TPSA) is 103 Å². The maximum atomic E-state index is 13.3. The van der Waals surface area contributed by atoms with Gasteiger partial charge in [0.05, 0.1) is 4.90 Å². The van der Waals surface area contributed by atoms with E-state index >= 15 is 0 Å². The van der Waals surface area contributed by atoms with Crippen LogP contribution in [0.3, 0.4) is 0 Å². The fourth-order valence-corrected chi connectivity index (χ4v) is 5.10. The highest BCUT2D eigenvalue weighted by Crippen LogP contribution is 2.29. The zero-order valence-corrected chi connectivity index (χ0v) is 21.3. The Bertz CT molecular complexity index is 1590. The van der Waals surface area contributed by atoms with Crippen molar-refractivity contribution in [3.63, 3.8) is 0 Å². The van der Waals surface area contributed by atoms with Crippen LogP contribution in [-0.4, -0.2) is 20.4 Å². The lowest BCUT2D eigenvalue weighted by Crippen LogP contribution is -2.44. The molecule has 1 atom stereocenters. The van der Waals surface area contributed by atoms with Gasteiger partial charge >= 0.3 is 11.6 Å². The molecule has 1 N–H and O–H groups in total. The number of fused-ring (bicyclic) bond motifs is 1. The van der Waals surface area contributed by atoms with Gasteiger partial charge in [-0.1, -0.05) is 48.0 Å². The Morgan fingerprint density at radius 3 is 2.22 bits per heavy atom. The molecular formula is C28H27NO6S. The molecule has 0 saturated heterocycles. The van der Waals surface area contributed by atoms with E-state index in [1.807, 2.05) is 44.2 Å². The predicted octanol–water partition coefficient (Wildman–Crippen LogP) is 4.52. The van der Waals surface area contributed by atoms with Crippen LogP contribution < -0.4 is 15.1 Å². The lowest BCUT2D eigenvalue weighted by Gasteiger charge is -2.19. The van der Waals surface area contributed by atoms with Crippen molar-refractivity contribution in [2.24, 2.45) is 0 Å². The first-order valence-electron chi connectivity index (χ1n) is 11.4. The van der Waals surface area contributed by atoms with Gasteiger partial charge in [0.2, 0.25) is 10.0 Å². The Morgan fingerprint density at radius 1 is 0.889 bits per heavy atom. The summed E-state index contributed by atoms with van der Waals surface area (Å²) in [6.07, 6.45) is 0.0881. The number of sulfonamides is 1. The largest absolute Gasteiger partial charge is 0.425 e. The Morgan fingerprint density at radius 2 is 1.56 bits per heavy atom. The first-order valence-corrected chi connectivity index (χ1v) is 12.9. The minimum absolute atomic E-state index is 0.0495. The number of esters is 1. The molecule has 0 saturated carbocycles. The van der Waals surface area contributed by atoms with Crippen LogP contribution >= 0.6 is 0 Å². The summed E-state index contributed by atoms with van der Waals surface area (Å²) in [4.78, 5) is 25.6. The number of hydrogen-bond donors (Lipinski definition) is 1. The van der Waals surface area contributed by atoms with Gasteiger partial charge in [-0.25, -0.2) is 18.0 Å². The lowest BCUT2D eigenvalue weighted by atomic mass is 10.0. The first-order chi connectivity index (χ1) is 17.1. The normalized spacial score (nSPS) is 12.4. The molecule has 0 amide bonds. The molecule has 36 heavy (non-hydrogen) atoms. The lowest BCUT2D eigenvalue weighted by molar-refractivity contribution is -0.136. The van der Waals surface area contributed by atoms with Gasteiger partial charge in [0.1, 0.15) is 17.4 Å². The highest BCUT2D eigenvalue weighted by Gasteiger charge is 2.28. The van der Waals surface area contributed by atoms with Crippen LogP contribution in [0.5, 0.6) is 5.75 Å². The number of rotatable bonds is 7. The molecule has 7 nitrogen and oxygen atoms in total. The summed E-state index contributed by atoms with van der Waals surface area (Å²) in [5, 5.41) is 0.741. The summed E-state index contributed by atoms with van der Waals surface area (Å²) in [7, 11) is -4.01. The SMILES string of the molecule is Cc1ccc(S(=O)(=O)N[C@H](Cc2ccccc2)C(=O)Oc2ccc3c(C)c(C)c(=O)oc3c2C)cc1. The van der Waals surface area contributed by atoms with E-state index in [1.54, 1.807) is 38.1 Å². The number of nitrogens with one attached hydrogen (secondary N) is 1. The summed E-state index contributed by atoms with van der Waals surface area (Å²) < 4.78 is 39.8. The Kier molecular flexibility index (Phi) is 7.10. The fraction of sp³-hybridized carbons (Fsp3) is 0.214. The van der Waals surface area contributed by atoms with Gasteiger partial charge in [0, 0.05) is 16.5 Å². The average molecular weight is 506 g/mol. The summed E-state index contributed by atoms with van der Waals surface area (Å²) in [5.41, 5.74) is 3.32. The van der Waals surface area contributed by atoms with E-state index < -0.39 is 27.7 Å². The standard InChI is InChI=1S/C28H27NO6S/c1-17-10-12-22(13-11-17)36(32,33)29-24(16-21-8-6-5-7-9-21)28(31)34-25-15-14-23-18(2)19(3)27(30)35-26(23)20(25)4/h5-15,24,29H,16H2,1-4H3/t24-/m1/s1. The van der Waals surface area contributed by atoms with Crippen LogP contribution in [0.15, 0.2) is 80.8 Å². The van der Waals surface area contributed by atoms with Crippen LogP contribution in [0.1, 0.15) is 27.8 Å². The zero-order valence-electron chi connectivity index (χ0n) is 20.5. The van der Waals surface area contributed by atoms with Gasteiger partial charge in [-0.3, -0.25) is 0 Å². The maximum absolute atomic E-state index is 13.3. The second kappa shape index (κ2) is 10.1. The summed E-state index contributed by atoms with van der Waals surface area (Å²) >= 11 is 0. The van der Waals surface area contributed by atoms with Crippen molar-refractivity contribution in [3.05, 3.63) is 105 Å². The van der Waals surface area contributed by atoms with Gasteiger partial charge in [-0.05, 0) is 69.5 Å². The van der Waals surface area contributed by atoms with Gasteiger partial charge in [-0.15, -0.1) is 0 Å². The van der Waals surface area contributed by atoms with Crippen LogP contribution in [-0.2, 0) is 21.2 Å². The van der Waals surface area contributed by atoms with Crippen LogP contribution in [0.2, 0.25) is 0 Å². The van der Waals surface area contributed by atoms with Crippen molar-refractivity contribution in [1.82, 2.24) is 4.72 Å². The minimum atomic E-state index is -4.01. The number of aryl methyl sites for hydroxylation is 3. The summed E-state index contributed by atoms with van der Waals surface area (Å²) in [6, 6.07) is 17.6. The van der Waals surface area contributed by atoms with Gasteiger partial charge < -0.3 is 9.15 Å². The molecule has 1 aromatic heterocycles. The molecule has 4 rings (SSSR count). The van der Waals surface area contributed by atoms with Crippen molar-refractivity contribution < 1.29 is 22.4 Å². The molecule has 0 unspecified atom stereocenters. The first kappa shape index (κ1) is 25.3. The predicted molar refractivity (Wildman–Crippen MR) is 138 cm³/mol. The van der Waals surface area contributed by atoms with Crippen molar-refractivity contribution >= 4 is 27.0 Å². The molecule has 3 aromatic carbocycles. The molecule has 0 aliphatic heterocycles. The van der Waals surface area contributed by atoms with Crippen LogP contribution in [0.25, 0.3) is 11.0 Å². The number of ether oxygens (including phenoxy) is 1. The third kappa shape index (κ3) is 5.24. The van der Waals surface area contributed by atoms with Gasteiger partial charge in [-0.2, -0.15) is 4.72 Å². The van der Waals surface area contributed by atoms with Crippen molar-refractivity contribution in [2.75, 3.05) is 0 Å². The highest BCUT2D eigenvalue weighted by atomic mass is 32.2. The molecule has 8 heteroatoms. The Labute approximate surface area is 209 Å². The third-order valence-corrected chi connectivity index (χ3v) is 7.72. The second-order valence-electron chi connectivity index (χ2n) is 8.80. The maximum Gasteiger partial charge on any atom is 0.339 e. The molecular weight excluding hydrogens is 478 g/mol. The summed E-state index contributed by atoms with van der Waals surface area (Å²) in [6.45, 7) is 7.06.